The maximum absolute atomic E-state index is 2.46. The first kappa shape index (κ1) is 39.6. The summed E-state index contributed by atoms with van der Waals surface area (Å²) >= 11 is 0. The standard InChI is InChI=1S/C47H76N2/c1-6-7-8-9-10-11-12-13-14-15-16-17-18-19-21-24-37-48(2,3)39-27-40-49(4,5)38-25-22-20-23-28-41-31-32-44-34-33-42-29-26-30-43-35-36-45(41)47(44)46(42)43/h26,29-36H,6-25,27-28,37-40H2,1-5H3/q+2. The number of quaternary nitrogens is 2. The number of hydrogen-bond acceptors (Lipinski definition) is 0. The van der Waals surface area contributed by atoms with Gasteiger partial charge in [-0.1, -0.05) is 158 Å². The molecule has 0 bridgehead atoms. The number of benzene rings is 4. The van der Waals surface area contributed by atoms with E-state index in [4.69, 9.17) is 0 Å². The van der Waals surface area contributed by atoms with Gasteiger partial charge in [-0.15, -0.1) is 0 Å². The van der Waals surface area contributed by atoms with Gasteiger partial charge in [0.15, 0.2) is 0 Å². The van der Waals surface area contributed by atoms with E-state index in [9.17, 15) is 0 Å². The first-order chi connectivity index (χ1) is 23.8. The van der Waals surface area contributed by atoms with Gasteiger partial charge in [-0.05, 0) is 76.4 Å². The van der Waals surface area contributed by atoms with Crippen molar-refractivity contribution in [1.29, 1.82) is 0 Å². The topological polar surface area (TPSA) is 0 Å². The van der Waals surface area contributed by atoms with E-state index in [2.05, 4.69) is 89.7 Å². The first-order valence-corrected chi connectivity index (χ1v) is 21.1. The summed E-state index contributed by atoms with van der Waals surface area (Å²) in [5.41, 5.74) is 1.53. The molecule has 0 unspecified atom stereocenters. The van der Waals surface area contributed by atoms with Crippen molar-refractivity contribution >= 4 is 32.3 Å². The summed E-state index contributed by atoms with van der Waals surface area (Å²) in [5.74, 6) is 0. The van der Waals surface area contributed by atoms with E-state index in [1.54, 1.807) is 0 Å². The van der Waals surface area contributed by atoms with Crippen LogP contribution in [-0.2, 0) is 6.42 Å². The first-order valence-electron chi connectivity index (χ1n) is 21.1. The Morgan fingerprint density at radius 3 is 1.27 bits per heavy atom. The molecule has 0 saturated carbocycles. The Labute approximate surface area is 303 Å². The molecule has 0 aliphatic rings. The summed E-state index contributed by atoms with van der Waals surface area (Å²) in [4.78, 5) is 0. The number of hydrogen-bond donors (Lipinski definition) is 0. The Balaban J connectivity index is 0.988. The molecule has 0 saturated heterocycles. The van der Waals surface area contributed by atoms with Crippen LogP contribution in [0.5, 0.6) is 0 Å². The van der Waals surface area contributed by atoms with Crippen molar-refractivity contribution in [2.45, 2.75) is 148 Å². The maximum Gasteiger partial charge on any atom is 0.0836 e. The molecule has 0 fully saturated rings. The van der Waals surface area contributed by atoms with E-state index in [1.807, 2.05) is 0 Å². The minimum absolute atomic E-state index is 1.17. The average Bonchev–Trinajstić information content (AvgIpc) is 3.08. The zero-order valence-electron chi connectivity index (χ0n) is 33.0. The summed E-state index contributed by atoms with van der Waals surface area (Å²) in [6, 6.07) is 20.7. The minimum atomic E-state index is 1.17. The molecule has 0 amide bonds. The molecule has 0 aromatic heterocycles. The molecule has 0 aliphatic heterocycles. The normalized spacial score (nSPS) is 12.7. The van der Waals surface area contributed by atoms with Crippen LogP contribution >= 0.6 is 0 Å². The fourth-order valence-electron chi connectivity index (χ4n) is 8.46. The van der Waals surface area contributed by atoms with E-state index < -0.39 is 0 Å². The van der Waals surface area contributed by atoms with E-state index in [-0.39, 0.29) is 0 Å². The molecule has 0 aliphatic carbocycles. The Morgan fingerprint density at radius 2 is 0.755 bits per heavy atom. The highest BCUT2D eigenvalue weighted by Crippen LogP contribution is 2.36. The quantitative estimate of drug-likeness (QED) is 0.0321. The molecule has 2 nitrogen and oxygen atoms in total. The van der Waals surface area contributed by atoms with Gasteiger partial charge in [0, 0.05) is 6.42 Å². The van der Waals surface area contributed by atoms with Gasteiger partial charge in [-0.2, -0.15) is 0 Å². The lowest BCUT2D eigenvalue weighted by Gasteiger charge is -2.33. The summed E-state index contributed by atoms with van der Waals surface area (Å²) in [5, 5.41) is 8.50. The highest BCUT2D eigenvalue weighted by atomic mass is 15.3. The summed E-state index contributed by atoms with van der Waals surface area (Å²) in [7, 11) is 9.85. The molecular weight excluding hydrogens is 593 g/mol. The van der Waals surface area contributed by atoms with Gasteiger partial charge >= 0.3 is 0 Å². The highest BCUT2D eigenvalue weighted by molar-refractivity contribution is 6.23. The third-order valence-corrected chi connectivity index (χ3v) is 11.7. The summed E-state index contributed by atoms with van der Waals surface area (Å²) < 4.78 is 2.37. The van der Waals surface area contributed by atoms with Gasteiger partial charge in [0.05, 0.1) is 54.4 Å². The lowest BCUT2D eigenvalue weighted by molar-refractivity contribution is -0.909. The Kier molecular flexibility index (Phi) is 17.2. The van der Waals surface area contributed by atoms with Crippen LogP contribution in [0, 0.1) is 0 Å². The van der Waals surface area contributed by atoms with Crippen LogP contribution < -0.4 is 0 Å². The SMILES string of the molecule is CCCCCCCCCCCCCCCCCC[N+](C)(C)CCC[N+](C)(C)CCCCCCc1ccc2ccc3cccc4ccc1c2c34. The van der Waals surface area contributed by atoms with Gasteiger partial charge in [0.25, 0.3) is 0 Å². The van der Waals surface area contributed by atoms with Crippen molar-refractivity contribution in [3.63, 3.8) is 0 Å². The molecule has 0 radical (unpaired) electrons. The van der Waals surface area contributed by atoms with Gasteiger partial charge in [0.1, 0.15) is 0 Å². The minimum Gasteiger partial charge on any atom is -0.328 e. The zero-order chi connectivity index (χ0) is 34.8. The molecule has 4 rings (SSSR count). The predicted octanol–water partition coefficient (Wildman–Crippen LogP) is 13.5. The number of nitrogens with zero attached hydrogens (tertiary/aromatic N) is 2. The number of unbranched alkanes of at least 4 members (excludes halogenated alkanes) is 18. The summed E-state index contributed by atoms with van der Waals surface area (Å²) in [6.45, 7) is 7.59. The molecular formula is C47H76N2+2. The maximum atomic E-state index is 2.46. The van der Waals surface area contributed by atoms with Crippen LogP contribution in [0.4, 0.5) is 0 Å². The van der Waals surface area contributed by atoms with Gasteiger partial charge < -0.3 is 8.97 Å². The molecule has 0 heterocycles. The van der Waals surface area contributed by atoms with Gasteiger partial charge in [-0.25, -0.2) is 0 Å². The lowest BCUT2D eigenvalue weighted by Crippen LogP contribution is -2.46. The van der Waals surface area contributed by atoms with Crippen molar-refractivity contribution in [2.24, 2.45) is 0 Å². The Bertz CT molecular complexity index is 1430. The van der Waals surface area contributed by atoms with E-state index >= 15 is 0 Å². The molecule has 0 atom stereocenters. The predicted molar refractivity (Wildman–Crippen MR) is 220 cm³/mol. The smallest absolute Gasteiger partial charge is 0.0836 e. The molecule has 2 heteroatoms. The fraction of sp³-hybridized carbons (Fsp3) is 0.660. The molecule has 272 valence electrons. The zero-order valence-corrected chi connectivity index (χ0v) is 33.0. The van der Waals surface area contributed by atoms with E-state index in [0.717, 1.165) is 0 Å². The second-order valence-corrected chi connectivity index (χ2v) is 17.2. The largest absolute Gasteiger partial charge is 0.328 e. The van der Waals surface area contributed by atoms with Gasteiger partial charge in [-0.3, -0.25) is 0 Å². The fourth-order valence-corrected chi connectivity index (χ4v) is 8.46. The second-order valence-electron chi connectivity index (χ2n) is 17.2. The van der Waals surface area contributed by atoms with Gasteiger partial charge in [0.2, 0.25) is 0 Å². The van der Waals surface area contributed by atoms with Crippen LogP contribution in [0.1, 0.15) is 147 Å². The van der Waals surface area contributed by atoms with Crippen LogP contribution in [0.15, 0.2) is 54.6 Å². The van der Waals surface area contributed by atoms with Crippen molar-refractivity contribution in [3.05, 3.63) is 60.2 Å². The number of aryl methyl sites for hydroxylation is 1. The third-order valence-electron chi connectivity index (χ3n) is 11.7. The monoisotopic (exact) mass is 669 g/mol. The van der Waals surface area contributed by atoms with E-state index in [1.165, 1.54) is 214 Å². The molecule has 0 N–H and O–H groups in total. The second kappa shape index (κ2) is 21.3. The Morgan fingerprint density at radius 1 is 0.367 bits per heavy atom. The van der Waals surface area contributed by atoms with E-state index in [0.29, 0.717) is 0 Å². The highest BCUT2D eigenvalue weighted by Gasteiger charge is 2.19. The molecule has 4 aromatic rings. The average molecular weight is 669 g/mol. The molecule has 0 spiro atoms. The van der Waals surface area contributed by atoms with Crippen LogP contribution in [-0.4, -0.2) is 63.3 Å². The van der Waals surface area contributed by atoms with Crippen molar-refractivity contribution in [2.75, 3.05) is 54.4 Å². The lowest BCUT2D eigenvalue weighted by atomic mass is 9.90. The summed E-state index contributed by atoms with van der Waals surface area (Å²) in [6.07, 6.45) is 31.1. The van der Waals surface area contributed by atoms with Crippen molar-refractivity contribution < 1.29 is 8.97 Å². The number of rotatable bonds is 28. The van der Waals surface area contributed by atoms with Crippen LogP contribution in [0.3, 0.4) is 0 Å². The van der Waals surface area contributed by atoms with Crippen LogP contribution in [0.2, 0.25) is 0 Å². The van der Waals surface area contributed by atoms with Crippen molar-refractivity contribution in [1.82, 2.24) is 0 Å². The van der Waals surface area contributed by atoms with Crippen LogP contribution in [0.25, 0.3) is 32.3 Å². The third kappa shape index (κ3) is 13.8. The van der Waals surface area contributed by atoms with Crippen molar-refractivity contribution in [3.8, 4) is 0 Å². The molecule has 49 heavy (non-hydrogen) atoms. The Hall–Kier alpha value is -2.16. The molecule has 4 aromatic carbocycles.